The Hall–Kier alpha value is -0.0800. The SMILES string of the molecule is CCCCCCCCNCC1CCC(N)C1. The van der Waals surface area contributed by atoms with Crippen LogP contribution in [-0.4, -0.2) is 19.1 Å². The van der Waals surface area contributed by atoms with E-state index in [2.05, 4.69) is 12.2 Å². The molecule has 0 aromatic rings. The van der Waals surface area contributed by atoms with Crippen molar-refractivity contribution in [3.63, 3.8) is 0 Å². The fourth-order valence-corrected chi connectivity index (χ4v) is 2.64. The van der Waals surface area contributed by atoms with Gasteiger partial charge in [0, 0.05) is 6.04 Å². The lowest BCUT2D eigenvalue weighted by atomic mass is 10.1. The van der Waals surface area contributed by atoms with Crippen LogP contribution in [0.2, 0.25) is 0 Å². The average Bonchev–Trinajstić information content (AvgIpc) is 2.68. The van der Waals surface area contributed by atoms with Gasteiger partial charge in [-0.1, -0.05) is 39.0 Å². The van der Waals surface area contributed by atoms with Crippen molar-refractivity contribution in [3.05, 3.63) is 0 Å². The molecule has 0 aromatic carbocycles. The van der Waals surface area contributed by atoms with Gasteiger partial charge in [0.25, 0.3) is 0 Å². The predicted octanol–water partition coefficient (Wildman–Crippen LogP) is 3.06. The van der Waals surface area contributed by atoms with Gasteiger partial charge in [0.2, 0.25) is 0 Å². The maximum atomic E-state index is 5.90. The molecule has 3 N–H and O–H groups in total. The smallest absolute Gasteiger partial charge is 0.00420 e. The molecule has 2 heteroatoms. The van der Waals surface area contributed by atoms with E-state index in [-0.39, 0.29) is 0 Å². The Kier molecular flexibility index (Phi) is 7.87. The molecule has 0 bridgehead atoms. The summed E-state index contributed by atoms with van der Waals surface area (Å²) < 4.78 is 0. The highest BCUT2D eigenvalue weighted by molar-refractivity contribution is 4.78. The second kappa shape index (κ2) is 9.00. The topological polar surface area (TPSA) is 38.0 Å². The fraction of sp³-hybridized carbons (Fsp3) is 1.00. The second-order valence-electron chi connectivity index (χ2n) is 5.41. The minimum Gasteiger partial charge on any atom is -0.328 e. The third kappa shape index (κ3) is 6.49. The Morgan fingerprint density at radius 3 is 2.50 bits per heavy atom. The van der Waals surface area contributed by atoms with Gasteiger partial charge in [-0.25, -0.2) is 0 Å². The molecular weight excluding hydrogens is 196 g/mol. The van der Waals surface area contributed by atoms with Gasteiger partial charge in [0.1, 0.15) is 0 Å². The summed E-state index contributed by atoms with van der Waals surface area (Å²) in [6.45, 7) is 4.67. The summed E-state index contributed by atoms with van der Waals surface area (Å²) in [6, 6.07) is 0.487. The molecule has 0 aliphatic heterocycles. The van der Waals surface area contributed by atoms with E-state index < -0.39 is 0 Å². The molecule has 1 fully saturated rings. The molecule has 0 heterocycles. The van der Waals surface area contributed by atoms with Crippen LogP contribution in [0.4, 0.5) is 0 Å². The number of nitrogens with one attached hydrogen (secondary N) is 1. The zero-order chi connectivity index (χ0) is 11.6. The highest BCUT2D eigenvalue weighted by Crippen LogP contribution is 2.23. The third-order valence-electron chi connectivity index (χ3n) is 3.72. The maximum absolute atomic E-state index is 5.90. The van der Waals surface area contributed by atoms with Crippen molar-refractivity contribution >= 4 is 0 Å². The Morgan fingerprint density at radius 1 is 1.06 bits per heavy atom. The van der Waals surface area contributed by atoms with Crippen LogP contribution in [0.15, 0.2) is 0 Å². The Labute approximate surface area is 101 Å². The van der Waals surface area contributed by atoms with E-state index in [0.717, 1.165) is 5.92 Å². The predicted molar refractivity (Wildman–Crippen MR) is 71.6 cm³/mol. The number of rotatable bonds is 9. The summed E-state index contributed by atoms with van der Waals surface area (Å²) in [5.41, 5.74) is 5.90. The first-order chi connectivity index (χ1) is 7.83. The van der Waals surface area contributed by atoms with Crippen molar-refractivity contribution in [1.29, 1.82) is 0 Å². The van der Waals surface area contributed by atoms with Gasteiger partial charge in [0.05, 0.1) is 0 Å². The summed E-state index contributed by atoms with van der Waals surface area (Å²) >= 11 is 0. The van der Waals surface area contributed by atoms with Crippen LogP contribution < -0.4 is 11.1 Å². The summed E-state index contributed by atoms with van der Waals surface area (Å²) in [6.07, 6.45) is 12.2. The minimum absolute atomic E-state index is 0.487. The van der Waals surface area contributed by atoms with Crippen molar-refractivity contribution in [3.8, 4) is 0 Å². The fourth-order valence-electron chi connectivity index (χ4n) is 2.64. The average molecular weight is 226 g/mol. The minimum atomic E-state index is 0.487. The molecule has 0 spiro atoms. The van der Waals surface area contributed by atoms with Crippen LogP contribution in [-0.2, 0) is 0 Å². The molecule has 2 atom stereocenters. The highest BCUT2D eigenvalue weighted by atomic mass is 14.9. The molecule has 0 amide bonds. The molecule has 16 heavy (non-hydrogen) atoms. The lowest BCUT2D eigenvalue weighted by Crippen LogP contribution is -2.24. The summed E-state index contributed by atoms with van der Waals surface area (Å²) in [4.78, 5) is 0. The van der Waals surface area contributed by atoms with Crippen LogP contribution in [0.3, 0.4) is 0 Å². The zero-order valence-electron chi connectivity index (χ0n) is 11.0. The second-order valence-corrected chi connectivity index (χ2v) is 5.41. The molecule has 0 aromatic heterocycles. The van der Waals surface area contributed by atoms with Gasteiger partial charge in [-0.2, -0.15) is 0 Å². The van der Waals surface area contributed by atoms with E-state index in [0.29, 0.717) is 6.04 Å². The number of hydrogen-bond acceptors (Lipinski definition) is 2. The number of nitrogens with two attached hydrogens (primary N) is 1. The lowest BCUT2D eigenvalue weighted by Gasteiger charge is -2.10. The van der Waals surface area contributed by atoms with Crippen molar-refractivity contribution in [2.24, 2.45) is 11.7 Å². The first-order valence-corrected chi connectivity index (χ1v) is 7.29. The number of hydrogen-bond donors (Lipinski definition) is 2. The van der Waals surface area contributed by atoms with E-state index in [1.54, 1.807) is 0 Å². The van der Waals surface area contributed by atoms with Gasteiger partial charge >= 0.3 is 0 Å². The monoisotopic (exact) mass is 226 g/mol. The summed E-state index contributed by atoms with van der Waals surface area (Å²) in [5, 5.41) is 3.58. The van der Waals surface area contributed by atoms with Crippen LogP contribution in [0.5, 0.6) is 0 Å². The molecular formula is C14H30N2. The van der Waals surface area contributed by atoms with Gasteiger partial charge in [0.15, 0.2) is 0 Å². The van der Waals surface area contributed by atoms with Crippen molar-refractivity contribution < 1.29 is 0 Å². The quantitative estimate of drug-likeness (QED) is 0.593. The lowest BCUT2D eigenvalue weighted by molar-refractivity contribution is 0.472. The first-order valence-electron chi connectivity index (χ1n) is 7.29. The van der Waals surface area contributed by atoms with Crippen molar-refractivity contribution in [1.82, 2.24) is 5.32 Å². The Bertz CT molecular complexity index is 159. The van der Waals surface area contributed by atoms with Gasteiger partial charge in [-0.05, 0) is 44.7 Å². The van der Waals surface area contributed by atoms with E-state index in [1.807, 2.05) is 0 Å². The normalized spacial score (nSPS) is 25.1. The van der Waals surface area contributed by atoms with Crippen LogP contribution >= 0.6 is 0 Å². The largest absolute Gasteiger partial charge is 0.328 e. The van der Waals surface area contributed by atoms with Crippen molar-refractivity contribution in [2.75, 3.05) is 13.1 Å². The first kappa shape index (κ1) is 14.0. The van der Waals surface area contributed by atoms with E-state index in [4.69, 9.17) is 5.73 Å². The van der Waals surface area contributed by atoms with Gasteiger partial charge < -0.3 is 11.1 Å². The van der Waals surface area contributed by atoms with E-state index >= 15 is 0 Å². The summed E-state index contributed by atoms with van der Waals surface area (Å²) in [5.74, 6) is 0.857. The Balaban J connectivity index is 1.78. The molecule has 1 aliphatic carbocycles. The van der Waals surface area contributed by atoms with E-state index in [9.17, 15) is 0 Å². The zero-order valence-corrected chi connectivity index (χ0v) is 11.0. The standard InChI is InChI=1S/C14H30N2/c1-2-3-4-5-6-7-10-16-12-13-8-9-14(15)11-13/h13-14,16H,2-12,15H2,1H3. The van der Waals surface area contributed by atoms with Crippen molar-refractivity contribution in [2.45, 2.75) is 70.8 Å². The highest BCUT2D eigenvalue weighted by Gasteiger charge is 2.20. The molecule has 0 saturated heterocycles. The molecule has 2 nitrogen and oxygen atoms in total. The molecule has 1 aliphatic rings. The maximum Gasteiger partial charge on any atom is 0.00420 e. The van der Waals surface area contributed by atoms with Crippen LogP contribution in [0.25, 0.3) is 0 Å². The molecule has 0 radical (unpaired) electrons. The van der Waals surface area contributed by atoms with Gasteiger partial charge in [-0.15, -0.1) is 0 Å². The van der Waals surface area contributed by atoms with Gasteiger partial charge in [-0.3, -0.25) is 0 Å². The Morgan fingerprint density at radius 2 is 1.81 bits per heavy atom. The molecule has 1 rings (SSSR count). The van der Waals surface area contributed by atoms with Crippen LogP contribution in [0, 0.1) is 5.92 Å². The molecule has 2 unspecified atom stereocenters. The van der Waals surface area contributed by atoms with Crippen LogP contribution in [0.1, 0.15) is 64.7 Å². The molecule has 1 saturated carbocycles. The third-order valence-corrected chi connectivity index (χ3v) is 3.72. The molecule has 96 valence electrons. The number of unbranched alkanes of at least 4 members (excludes halogenated alkanes) is 5. The van der Waals surface area contributed by atoms with E-state index in [1.165, 1.54) is 70.9 Å². The summed E-state index contributed by atoms with van der Waals surface area (Å²) in [7, 11) is 0.